The Hall–Kier alpha value is -2.94. The van der Waals surface area contributed by atoms with Crippen molar-refractivity contribution in [3.63, 3.8) is 0 Å². The predicted octanol–water partition coefficient (Wildman–Crippen LogP) is 3.22. The second-order valence-electron chi connectivity index (χ2n) is 6.12. The lowest BCUT2D eigenvalue weighted by atomic mass is 10.1. The zero-order valence-corrected chi connectivity index (χ0v) is 18.0. The van der Waals surface area contributed by atoms with Crippen LogP contribution in [0.4, 0.5) is 5.69 Å². The molecule has 30 heavy (non-hydrogen) atoms. The molecule has 0 atom stereocenters. The number of carbonyl (C=O) groups is 1. The summed E-state index contributed by atoms with van der Waals surface area (Å²) in [4.78, 5) is 20.3. The summed E-state index contributed by atoms with van der Waals surface area (Å²) in [6.07, 6.45) is 3.35. The molecule has 0 aliphatic carbocycles. The molecule has 1 aromatic heterocycles. The normalized spacial score (nSPS) is 11.8. The van der Waals surface area contributed by atoms with Gasteiger partial charge in [-0.1, -0.05) is 41.4 Å². The van der Waals surface area contributed by atoms with E-state index < -0.39 is 16.2 Å². The number of nitrogens with zero attached hydrogens (tertiary/aromatic N) is 3. The van der Waals surface area contributed by atoms with Crippen LogP contribution in [0, 0.1) is 0 Å². The van der Waals surface area contributed by atoms with Crippen molar-refractivity contribution in [1.29, 1.82) is 0 Å². The molecule has 0 unspecified atom stereocenters. The van der Waals surface area contributed by atoms with Crippen LogP contribution in [0.15, 0.2) is 65.9 Å². The highest BCUT2D eigenvalue weighted by Gasteiger charge is 2.29. The SMILES string of the molecule is Clc1ccccc1.Cn1ccnc1CNC(=O)C1=Nc2ccc(Cl)cc2C1=S(=O)=O. The summed E-state index contributed by atoms with van der Waals surface area (Å²) in [5, 5.41) is 3.79. The number of imidazole rings is 1. The molecule has 1 aliphatic heterocycles. The molecule has 10 heteroatoms. The van der Waals surface area contributed by atoms with Crippen LogP contribution in [-0.4, -0.2) is 34.5 Å². The Morgan fingerprint density at radius 1 is 1.10 bits per heavy atom. The molecule has 3 aromatic rings. The van der Waals surface area contributed by atoms with Gasteiger partial charge in [0.15, 0.2) is 5.71 Å². The molecule has 154 valence electrons. The van der Waals surface area contributed by atoms with Crippen LogP contribution in [0.1, 0.15) is 11.4 Å². The summed E-state index contributed by atoms with van der Waals surface area (Å²) in [5.41, 5.74) is 0.577. The number of hydrogen-bond donors (Lipinski definition) is 1. The first-order valence-electron chi connectivity index (χ1n) is 8.67. The highest BCUT2D eigenvalue weighted by Crippen LogP contribution is 2.29. The first-order chi connectivity index (χ1) is 14.4. The van der Waals surface area contributed by atoms with Crippen molar-refractivity contribution in [2.24, 2.45) is 12.0 Å². The van der Waals surface area contributed by atoms with Crippen molar-refractivity contribution in [2.75, 3.05) is 0 Å². The lowest BCUT2D eigenvalue weighted by Crippen LogP contribution is -2.35. The molecule has 0 radical (unpaired) electrons. The average Bonchev–Trinajstić information content (AvgIpc) is 3.30. The minimum Gasteiger partial charge on any atom is -0.343 e. The van der Waals surface area contributed by atoms with Crippen LogP contribution in [0.25, 0.3) is 0 Å². The third-order valence-corrected chi connectivity index (χ3v) is 5.33. The number of hydrogen-bond acceptors (Lipinski definition) is 5. The molecule has 7 nitrogen and oxygen atoms in total. The summed E-state index contributed by atoms with van der Waals surface area (Å²) in [6.45, 7) is 0.164. The van der Waals surface area contributed by atoms with Gasteiger partial charge in [0.05, 0.1) is 12.2 Å². The number of halogens is 2. The number of aliphatic imine (C=N–C) groups is 1. The Morgan fingerprint density at radius 3 is 2.40 bits per heavy atom. The lowest BCUT2D eigenvalue weighted by molar-refractivity contribution is -0.114. The maximum absolute atomic E-state index is 12.3. The van der Waals surface area contributed by atoms with E-state index in [9.17, 15) is 13.2 Å². The quantitative estimate of drug-likeness (QED) is 0.604. The van der Waals surface area contributed by atoms with Crippen LogP contribution in [0.5, 0.6) is 0 Å². The van der Waals surface area contributed by atoms with Crippen LogP contribution >= 0.6 is 23.2 Å². The Bertz CT molecular complexity index is 1240. The molecule has 1 amide bonds. The molecular formula is C20H16Cl2N4O3S. The van der Waals surface area contributed by atoms with Gasteiger partial charge in [-0.05, 0) is 30.3 Å². The number of rotatable bonds is 3. The Morgan fingerprint density at radius 2 is 1.83 bits per heavy atom. The molecule has 0 bridgehead atoms. The minimum absolute atomic E-state index is 0.148. The van der Waals surface area contributed by atoms with Gasteiger partial charge in [-0.3, -0.25) is 4.79 Å². The summed E-state index contributed by atoms with van der Waals surface area (Å²) < 4.78 is 24.8. The number of carbonyl (C=O) groups excluding carboxylic acids is 1. The monoisotopic (exact) mass is 462 g/mol. The van der Waals surface area contributed by atoms with E-state index in [0.29, 0.717) is 22.1 Å². The molecule has 2 aromatic carbocycles. The topological polar surface area (TPSA) is 93.4 Å². The second-order valence-corrected chi connectivity index (χ2v) is 7.87. The molecule has 0 saturated carbocycles. The highest BCUT2D eigenvalue weighted by atomic mass is 35.5. The Labute approximate surface area is 184 Å². The zero-order chi connectivity index (χ0) is 21.7. The van der Waals surface area contributed by atoms with Crippen LogP contribution < -0.4 is 5.32 Å². The molecule has 0 fully saturated rings. The maximum Gasteiger partial charge on any atom is 0.271 e. The molecular weight excluding hydrogens is 447 g/mol. The number of benzene rings is 2. The Kier molecular flexibility index (Phi) is 7.04. The fourth-order valence-electron chi connectivity index (χ4n) is 2.63. The molecule has 2 heterocycles. The first-order valence-corrected chi connectivity index (χ1v) is 10.5. The summed E-state index contributed by atoms with van der Waals surface area (Å²) in [5.74, 6) is 0.0572. The largest absolute Gasteiger partial charge is 0.343 e. The van der Waals surface area contributed by atoms with Gasteiger partial charge >= 0.3 is 0 Å². The van der Waals surface area contributed by atoms with Crippen LogP contribution in [0.2, 0.25) is 10.0 Å². The van der Waals surface area contributed by atoms with E-state index in [1.807, 2.05) is 30.3 Å². The van der Waals surface area contributed by atoms with Crippen molar-refractivity contribution < 1.29 is 13.2 Å². The average molecular weight is 463 g/mol. The standard InChI is InChI=1S/C14H11ClN4O3S.C6H5Cl/c1-19-5-4-16-11(19)7-17-14(20)12-13(23(21)22)9-6-8(15)2-3-10(9)18-12;7-6-4-2-1-3-5-6/h2-6H,7H2,1H3,(H,17,20);1-5H. The fourth-order valence-corrected chi connectivity index (χ4v) is 3.59. The molecule has 0 spiro atoms. The minimum atomic E-state index is -2.61. The second kappa shape index (κ2) is 9.71. The van der Waals surface area contributed by atoms with E-state index >= 15 is 0 Å². The van der Waals surface area contributed by atoms with E-state index in [2.05, 4.69) is 15.3 Å². The van der Waals surface area contributed by atoms with Gasteiger partial charge in [-0.2, -0.15) is 8.42 Å². The third-order valence-electron chi connectivity index (χ3n) is 4.09. The lowest BCUT2D eigenvalue weighted by Gasteiger charge is -2.05. The van der Waals surface area contributed by atoms with Gasteiger partial charge < -0.3 is 9.88 Å². The summed E-state index contributed by atoms with van der Waals surface area (Å²) in [7, 11) is -0.815. The van der Waals surface area contributed by atoms with E-state index in [1.165, 1.54) is 6.07 Å². The van der Waals surface area contributed by atoms with E-state index in [-0.39, 0.29) is 17.1 Å². The van der Waals surface area contributed by atoms with Crippen LogP contribution in [0.3, 0.4) is 0 Å². The predicted molar refractivity (Wildman–Crippen MR) is 118 cm³/mol. The number of nitrogens with one attached hydrogen (secondary N) is 1. The first kappa shape index (κ1) is 21.8. The zero-order valence-electron chi connectivity index (χ0n) is 15.7. The molecule has 1 aliphatic rings. The number of amides is 1. The van der Waals surface area contributed by atoms with Gasteiger partial charge in [-0.25, -0.2) is 9.98 Å². The van der Waals surface area contributed by atoms with Gasteiger partial charge in [0.1, 0.15) is 10.7 Å². The van der Waals surface area contributed by atoms with E-state index in [1.54, 1.807) is 36.1 Å². The molecule has 0 saturated heterocycles. The number of aromatic nitrogens is 2. The maximum atomic E-state index is 12.3. The smallest absolute Gasteiger partial charge is 0.271 e. The third kappa shape index (κ3) is 5.15. The van der Waals surface area contributed by atoms with Crippen molar-refractivity contribution in [2.45, 2.75) is 6.54 Å². The van der Waals surface area contributed by atoms with Crippen molar-refractivity contribution in [3.8, 4) is 0 Å². The van der Waals surface area contributed by atoms with Crippen LogP contribution in [-0.2, 0) is 28.7 Å². The van der Waals surface area contributed by atoms with Gasteiger partial charge in [0.25, 0.3) is 5.91 Å². The molecule has 1 N–H and O–H groups in total. The number of fused-ring (bicyclic) bond motifs is 1. The molecule has 4 rings (SSSR count). The van der Waals surface area contributed by atoms with Crippen molar-refractivity contribution in [3.05, 3.63) is 82.4 Å². The number of aryl methyl sites for hydroxylation is 1. The summed E-state index contributed by atoms with van der Waals surface area (Å²) >= 11 is 11.4. The van der Waals surface area contributed by atoms with Crippen molar-refractivity contribution >= 4 is 55.7 Å². The van der Waals surface area contributed by atoms with Gasteiger partial charge in [0.2, 0.25) is 10.3 Å². The van der Waals surface area contributed by atoms with Crippen molar-refractivity contribution in [1.82, 2.24) is 14.9 Å². The van der Waals surface area contributed by atoms with E-state index in [4.69, 9.17) is 23.2 Å². The fraction of sp³-hybridized carbons (Fsp3) is 0.100. The van der Waals surface area contributed by atoms with E-state index in [0.717, 1.165) is 5.02 Å². The summed E-state index contributed by atoms with van der Waals surface area (Å²) in [6, 6.07) is 14.1. The highest BCUT2D eigenvalue weighted by molar-refractivity contribution is 7.76. The van der Waals surface area contributed by atoms with Gasteiger partial charge in [-0.15, -0.1) is 0 Å². The van der Waals surface area contributed by atoms with Gasteiger partial charge in [0, 0.05) is 35.1 Å². The Balaban J connectivity index is 0.000000310.